The zero-order chi connectivity index (χ0) is 9.80. The van der Waals surface area contributed by atoms with Crippen LogP contribution < -0.4 is 4.74 Å². The second kappa shape index (κ2) is 4.98. The molecule has 0 radical (unpaired) electrons. The molecule has 3 heteroatoms. The van der Waals surface area contributed by atoms with Crippen LogP contribution in [0.4, 0.5) is 0 Å². The van der Waals surface area contributed by atoms with Crippen LogP contribution in [0.15, 0.2) is 24.3 Å². The second-order valence-electron chi connectivity index (χ2n) is 3.38. The van der Waals surface area contributed by atoms with Crippen molar-refractivity contribution in [2.24, 2.45) is 0 Å². The standard InChI is InChI=1S/C11H13IO2/c12-9-1-3-10(4-2-9)14-11-5-7-13-8-6-11/h1-4,11H,5-8H2. The van der Waals surface area contributed by atoms with E-state index in [4.69, 9.17) is 9.47 Å². The topological polar surface area (TPSA) is 18.5 Å². The lowest BCUT2D eigenvalue weighted by atomic mass is 10.1. The predicted molar refractivity (Wildman–Crippen MR) is 63.6 cm³/mol. The molecule has 1 aliphatic rings. The molecule has 0 spiro atoms. The van der Waals surface area contributed by atoms with Crippen molar-refractivity contribution in [1.29, 1.82) is 0 Å². The molecule has 2 nitrogen and oxygen atoms in total. The maximum Gasteiger partial charge on any atom is 0.119 e. The van der Waals surface area contributed by atoms with Crippen LogP contribution in [0.5, 0.6) is 5.75 Å². The Bertz CT molecular complexity index is 278. The Balaban J connectivity index is 1.92. The van der Waals surface area contributed by atoms with Crippen molar-refractivity contribution in [2.75, 3.05) is 13.2 Å². The van der Waals surface area contributed by atoms with Crippen LogP contribution in [-0.2, 0) is 4.74 Å². The van der Waals surface area contributed by atoms with Crippen LogP contribution in [0.3, 0.4) is 0 Å². The summed E-state index contributed by atoms with van der Waals surface area (Å²) in [6.45, 7) is 1.66. The summed E-state index contributed by atoms with van der Waals surface area (Å²) in [6, 6.07) is 8.18. The molecule has 0 aliphatic carbocycles. The van der Waals surface area contributed by atoms with Crippen molar-refractivity contribution < 1.29 is 9.47 Å². The molecule has 1 saturated heterocycles. The Morgan fingerprint density at radius 3 is 2.43 bits per heavy atom. The minimum atomic E-state index is 0.337. The van der Waals surface area contributed by atoms with Crippen molar-refractivity contribution in [3.63, 3.8) is 0 Å². The summed E-state index contributed by atoms with van der Waals surface area (Å²) < 4.78 is 12.3. The predicted octanol–water partition coefficient (Wildman–Crippen LogP) is 2.85. The van der Waals surface area contributed by atoms with Crippen molar-refractivity contribution in [1.82, 2.24) is 0 Å². The summed E-state index contributed by atoms with van der Waals surface area (Å²) in [5.41, 5.74) is 0. The maximum absolute atomic E-state index is 5.83. The third kappa shape index (κ3) is 2.85. The lowest BCUT2D eigenvalue weighted by Gasteiger charge is -2.23. The summed E-state index contributed by atoms with van der Waals surface area (Å²) in [5, 5.41) is 0. The van der Waals surface area contributed by atoms with Gasteiger partial charge < -0.3 is 9.47 Å². The summed E-state index contributed by atoms with van der Waals surface area (Å²) in [4.78, 5) is 0. The molecule has 2 rings (SSSR count). The Labute approximate surface area is 97.7 Å². The number of benzene rings is 1. The first-order valence-electron chi connectivity index (χ1n) is 4.84. The average molecular weight is 304 g/mol. The zero-order valence-corrected chi connectivity index (χ0v) is 10.1. The Kier molecular flexibility index (Phi) is 3.64. The molecular weight excluding hydrogens is 291 g/mol. The van der Waals surface area contributed by atoms with E-state index in [-0.39, 0.29) is 0 Å². The van der Waals surface area contributed by atoms with E-state index >= 15 is 0 Å². The highest BCUT2D eigenvalue weighted by molar-refractivity contribution is 14.1. The van der Waals surface area contributed by atoms with Crippen LogP contribution in [-0.4, -0.2) is 19.3 Å². The van der Waals surface area contributed by atoms with Gasteiger partial charge in [-0.25, -0.2) is 0 Å². The minimum Gasteiger partial charge on any atom is -0.490 e. The Hall–Kier alpha value is -0.290. The summed E-state index contributed by atoms with van der Waals surface area (Å²) in [7, 11) is 0. The molecule has 1 aromatic carbocycles. The number of halogens is 1. The van der Waals surface area contributed by atoms with E-state index in [1.165, 1.54) is 3.57 Å². The molecule has 0 unspecified atom stereocenters. The largest absolute Gasteiger partial charge is 0.490 e. The fourth-order valence-corrected chi connectivity index (χ4v) is 1.86. The number of hydrogen-bond donors (Lipinski definition) is 0. The second-order valence-corrected chi connectivity index (χ2v) is 4.63. The van der Waals surface area contributed by atoms with Gasteiger partial charge in [0.2, 0.25) is 0 Å². The van der Waals surface area contributed by atoms with Gasteiger partial charge in [0, 0.05) is 16.4 Å². The van der Waals surface area contributed by atoms with Gasteiger partial charge in [0.25, 0.3) is 0 Å². The van der Waals surface area contributed by atoms with Crippen molar-refractivity contribution in [2.45, 2.75) is 18.9 Å². The fourth-order valence-electron chi connectivity index (χ4n) is 1.50. The molecule has 0 atom stereocenters. The molecule has 1 fully saturated rings. The SMILES string of the molecule is Ic1ccc(OC2CCOCC2)cc1. The molecule has 0 aromatic heterocycles. The van der Waals surface area contributed by atoms with Gasteiger partial charge in [0.15, 0.2) is 0 Å². The van der Waals surface area contributed by atoms with Gasteiger partial charge in [-0.1, -0.05) is 0 Å². The molecule has 76 valence electrons. The van der Waals surface area contributed by atoms with Gasteiger partial charge in [-0.3, -0.25) is 0 Å². The molecule has 14 heavy (non-hydrogen) atoms. The number of hydrogen-bond acceptors (Lipinski definition) is 2. The van der Waals surface area contributed by atoms with Crippen molar-refractivity contribution >= 4 is 22.6 Å². The normalized spacial score (nSPS) is 18.1. The fraction of sp³-hybridized carbons (Fsp3) is 0.455. The molecule has 1 aromatic rings. The van der Waals surface area contributed by atoms with E-state index in [1.807, 2.05) is 12.1 Å². The first-order valence-corrected chi connectivity index (χ1v) is 5.92. The van der Waals surface area contributed by atoms with Crippen LogP contribution in [0.2, 0.25) is 0 Å². The minimum absolute atomic E-state index is 0.337. The molecule has 1 heterocycles. The van der Waals surface area contributed by atoms with Gasteiger partial charge >= 0.3 is 0 Å². The highest BCUT2D eigenvalue weighted by Crippen LogP contribution is 2.18. The average Bonchev–Trinajstić information content (AvgIpc) is 2.23. The van der Waals surface area contributed by atoms with E-state index in [0.29, 0.717) is 6.10 Å². The van der Waals surface area contributed by atoms with Gasteiger partial charge in [0.1, 0.15) is 11.9 Å². The lowest BCUT2D eigenvalue weighted by molar-refractivity contribution is 0.0255. The van der Waals surface area contributed by atoms with E-state index in [9.17, 15) is 0 Å². The van der Waals surface area contributed by atoms with Crippen LogP contribution in [0.1, 0.15) is 12.8 Å². The monoisotopic (exact) mass is 304 g/mol. The highest BCUT2D eigenvalue weighted by Gasteiger charge is 2.14. The van der Waals surface area contributed by atoms with Crippen LogP contribution >= 0.6 is 22.6 Å². The molecular formula is C11H13IO2. The molecule has 0 bridgehead atoms. The summed E-state index contributed by atoms with van der Waals surface area (Å²) in [5.74, 6) is 0.970. The van der Waals surface area contributed by atoms with Gasteiger partial charge in [0.05, 0.1) is 13.2 Å². The molecule has 0 amide bonds. The maximum atomic E-state index is 5.83. The quantitative estimate of drug-likeness (QED) is 0.782. The smallest absolute Gasteiger partial charge is 0.119 e. The molecule has 0 N–H and O–H groups in total. The highest BCUT2D eigenvalue weighted by atomic mass is 127. The van der Waals surface area contributed by atoms with Crippen LogP contribution in [0.25, 0.3) is 0 Å². The van der Waals surface area contributed by atoms with Gasteiger partial charge in [-0.15, -0.1) is 0 Å². The first-order chi connectivity index (χ1) is 6.84. The lowest BCUT2D eigenvalue weighted by Crippen LogP contribution is -2.25. The third-order valence-corrected chi connectivity index (χ3v) is 3.00. The number of ether oxygens (including phenoxy) is 2. The van der Waals surface area contributed by atoms with Crippen molar-refractivity contribution in [3.8, 4) is 5.75 Å². The van der Waals surface area contributed by atoms with Crippen molar-refractivity contribution in [3.05, 3.63) is 27.8 Å². The first kappa shape index (κ1) is 10.2. The summed E-state index contributed by atoms with van der Waals surface area (Å²) >= 11 is 2.29. The van der Waals surface area contributed by atoms with E-state index in [0.717, 1.165) is 31.8 Å². The van der Waals surface area contributed by atoms with Gasteiger partial charge in [-0.2, -0.15) is 0 Å². The van der Waals surface area contributed by atoms with E-state index in [2.05, 4.69) is 34.7 Å². The van der Waals surface area contributed by atoms with Crippen LogP contribution in [0, 0.1) is 3.57 Å². The Morgan fingerprint density at radius 2 is 1.79 bits per heavy atom. The van der Waals surface area contributed by atoms with E-state index in [1.54, 1.807) is 0 Å². The molecule has 0 saturated carbocycles. The summed E-state index contributed by atoms with van der Waals surface area (Å²) in [6.07, 6.45) is 2.35. The molecule has 1 aliphatic heterocycles. The van der Waals surface area contributed by atoms with Gasteiger partial charge in [-0.05, 0) is 46.9 Å². The third-order valence-electron chi connectivity index (χ3n) is 2.28. The zero-order valence-electron chi connectivity index (χ0n) is 7.91. The Morgan fingerprint density at radius 1 is 1.14 bits per heavy atom. The number of rotatable bonds is 2. The van der Waals surface area contributed by atoms with E-state index < -0.39 is 0 Å².